The number of nitrogens with zero attached hydrogens (tertiary/aromatic N) is 2. The number of anilines is 4. The maximum atomic E-state index is 2.40. The van der Waals surface area contributed by atoms with Crippen molar-refractivity contribution in [2.24, 2.45) is 0 Å². The Morgan fingerprint density at radius 1 is 0.379 bits per heavy atom. The topological polar surface area (TPSA) is 6.48 Å². The molecular formula is C27H26N2. The summed E-state index contributed by atoms with van der Waals surface area (Å²) in [6.07, 6.45) is 0. The van der Waals surface area contributed by atoms with Crippen molar-refractivity contribution in [2.75, 3.05) is 9.80 Å². The molecule has 0 atom stereocenters. The van der Waals surface area contributed by atoms with Crippen LogP contribution >= 0.6 is 0 Å². The maximum absolute atomic E-state index is 2.40. The number of para-hydroxylation sites is 4. The molecule has 29 heavy (non-hydrogen) atoms. The summed E-state index contributed by atoms with van der Waals surface area (Å²) in [4.78, 5) is 4.79. The molecule has 0 spiro atoms. The summed E-state index contributed by atoms with van der Waals surface area (Å²) in [6.45, 7) is 4.54. The van der Waals surface area contributed by atoms with Gasteiger partial charge in [-0.05, 0) is 62.4 Å². The molecule has 0 radical (unpaired) electrons. The quantitative estimate of drug-likeness (QED) is 0.323. The van der Waals surface area contributed by atoms with Crippen LogP contribution in [0.2, 0.25) is 0 Å². The van der Waals surface area contributed by atoms with E-state index >= 15 is 0 Å². The summed E-state index contributed by atoms with van der Waals surface area (Å²) in [5, 5.41) is 0. The lowest BCUT2D eigenvalue weighted by Gasteiger charge is -2.49. The van der Waals surface area contributed by atoms with Gasteiger partial charge in [-0.1, -0.05) is 72.8 Å². The van der Waals surface area contributed by atoms with Crippen LogP contribution in [-0.4, -0.2) is 5.66 Å². The Kier molecular flexibility index (Phi) is 5.35. The van der Waals surface area contributed by atoms with Gasteiger partial charge in [0.25, 0.3) is 0 Å². The molecule has 0 bridgehead atoms. The van der Waals surface area contributed by atoms with Crippen LogP contribution in [0.3, 0.4) is 0 Å². The van der Waals surface area contributed by atoms with Crippen molar-refractivity contribution in [2.45, 2.75) is 19.5 Å². The van der Waals surface area contributed by atoms with Gasteiger partial charge >= 0.3 is 0 Å². The SMILES string of the molecule is CC(C)(N(c1ccccc1)c1ccccc1)N(c1ccccc1)c1ccccc1. The molecule has 0 saturated carbocycles. The molecule has 0 saturated heterocycles. The second kappa shape index (κ2) is 8.24. The number of benzene rings is 4. The minimum absolute atomic E-state index is 0.384. The van der Waals surface area contributed by atoms with Crippen LogP contribution in [0.15, 0.2) is 121 Å². The number of rotatable bonds is 6. The van der Waals surface area contributed by atoms with Crippen molar-refractivity contribution in [3.05, 3.63) is 121 Å². The first-order valence-electron chi connectivity index (χ1n) is 9.98. The second-order valence-electron chi connectivity index (χ2n) is 7.51. The molecule has 0 fully saturated rings. The van der Waals surface area contributed by atoms with Gasteiger partial charge in [-0.25, -0.2) is 0 Å². The van der Waals surface area contributed by atoms with Gasteiger partial charge in [0, 0.05) is 22.7 Å². The van der Waals surface area contributed by atoms with Crippen LogP contribution in [0.4, 0.5) is 22.7 Å². The Balaban J connectivity index is 1.91. The predicted octanol–water partition coefficient (Wildman–Crippen LogP) is 7.40. The molecule has 144 valence electrons. The molecule has 0 aromatic heterocycles. The monoisotopic (exact) mass is 378 g/mol. The van der Waals surface area contributed by atoms with E-state index in [0.29, 0.717) is 0 Å². The molecule has 0 aliphatic heterocycles. The van der Waals surface area contributed by atoms with E-state index in [-0.39, 0.29) is 5.66 Å². The van der Waals surface area contributed by atoms with Crippen molar-refractivity contribution in [1.82, 2.24) is 0 Å². The van der Waals surface area contributed by atoms with Crippen molar-refractivity contribution >= 4 is 22.7 Å². The van der Waals surface area contributed by atoms with Crippen molar-refractivity contribution in [3.8, 4) is 0 Å². The Labute approximate surface area is 173 Å². The van der Waals surface area contributed by atoms with Crippen molar-refractivity contribution < 1.29 is 0 Å². The minimum Gasteiger partial charge on any atom is -0.318 e. The van der Waals surface area contributed by atoms with Gasteiger partial charge in [-0.15, -0.1) is 0 Å². The number of hydrogen-bond donors (Lipinski definition) is 0. The van der Waals surface area contributed by atoms with E-state index in [1.165, 1.54) is 0 Å². The third kappa shape index (κ3) is 3.88. The molecule has 0 N–H and O–H groups in total. The first-order chi connectivity index (χ1) is 14.2. The molecule has 0 unspecified atom stereocenters. The summed E-state index contributed by atoms with van der Waals surface area (Å²) in [5.41, 5.74) is 4.23. The van der Waals surface area contributed by atoms with Crippen LogP contribution in [0.25, 0.3) is 0 Å². The summed E-state index contributed by atoms with van der Waals surface area (Å²) >= 11 is 0. The van der Waals surface area contributed by atoms with Crippen LogP contribution in [-0.2, 0) is 0 Å². The van der Waals surface area contributed by atoms with Crippen LogP contribution in [0.5, 0.6) is 0 Å². The summed E-state index contributed by atoms with van der Waals surface area (Å²) in [7, 11) is 0. The van der Waals surface area contributed by atoms with E-state index < -0.39 is 0 Å². The van der Waals surface area contributed by atoms with E-state index in [9.17, 15) is 0 Å². The molecule has 4 aromatic carbocycles. The molecule has 2 nitrogen and oxygen atoms in total. The highest BCUT2D eigenvalue weighted by atomic mass is 15.4. The van der Waals surface area contributed by atoms with Crippen molar-refractivity contribution in [3.63, 3.8) is 0 Å². The van der Waals surface area contributed by atoms with Gasteiger partial charge in [0.05, 0.1) is 0 Å². The zero-order valence-corrected chi connectivity index (χ0v) is 16.9. The molecule has 0 heterocycles. The fraction of sp³-hybridized carbons (Fsp3) is 0.111. The molecule has 0 aliphatic rings. The Bertz CT molecular complexity index is 849. The molecule has 4 rings (SSSR count). The lowest BCUT2D eigenvalue weighted by Crippen LogP contribution is -2.53. The molecule has 0 amide bonds. The lowest BCUT2D eigenvalue weighted by molar-refractivity contribution is 0.514. The van der Waals surface area contributed by atoms with Gasteiger partial charge in [0.1, 0.15) is 5.66 Å². The average Bonchev–Trinajstić information content (AvgIpc) is 2.77. The molecule has 2 heteroatoms. The van der Waals surface area contributed by atoms with Crippen LogP contribution in [0.1, 0.15) is 13.8 Å². The fourth-order valence-electron chi connectivity index (χ4n) is 3.97. The van der Waals surface area contributed by atoms with Crippen LogP contribution < -0.4 is 9.80 Å². The maximum Gasteiger partial charge on any atom is 0.116 e. The first-order valence-corrected chi connectivity index (χ1v) is 9.98. The Morgan fingerprint density at radius 2 is 0.586 bits per heavy atom. The molecule has 4 aromatic rings. The highest BCUT2D eigenvalue weighted by Crippen LogP contribution is 2.41. The van der Waals surface area contributed by atoms with Gasteiger partial charge < -0.3 is 9.80 Å². The lowest BCUT2D eigenvalue weighted by atomic mass is 10.0. The van der Waals surface area contributed by atoms with Gasteiger partial charge in [0.15, 0.2) is 0 Å². The third-order valence-electron chi connectivity index (χ3n) is 5.15. The zero-order chi connectivity index (χ0) is 20.1. The van der Waals surface area contributed by atoms with E-state index in [4.69, 9.17) is 0 Å². The van der Waals surface area contributed by atoms with E-state index in [1.54, 1.807) is 0 Å². The predicted molar refractivity (Wildman–Crippen MR) is 124 cm³/mol. The Morgan fingerprint density at radius 3 is 0.793 bits per heavy atom. The summed E-state index contributed by atoms with van der Waals surface area (Å²) in [5.74, 6) is 0. The third-order valence-corrected chi connectivity index (χ3v) is 5.15. The summed E-state index contributed by atoms with van der Waals surface area (Å²) < 4.78 is 0. The Hall–Kier alpha value is -3.52. The van der Waals surface area contributed by atoms with E-state index in [0.717, 1.165) is 22.7 Å². The van der Waals surface area contributed by atoms with Gasteiger partial charge in [0.2, 0.25) is 0 Å². The van der Waals surface area contributed by atoms with E-state index in [2.05, 4.69) is 145 Å². The largest absolute Gasteiger partial charge is 0.318 e. The van der Waals surface area contributed by atoms with Crippen molar-refractivity contribution in [1.29, 1.82) is 0 Å². The molecule has 0 aliphatic carbocycles. The normalized spacial score (nSPS) is 11.1. The second-order valence-corrected chi connectivity index (χ2v) is 7.51. The standard InChI is InChI=1S/C27H26N2/c1-27(2,28(23-15-7-3-8-16-23)24-17-9-4-10-18-24)29(25-19-11-5-12-20-25)26-21-13-6-14-22-26/h3-22H,1-2H3. The van der Waals surface area contributed by atoms with Gasteiger partial charge in [-0.3, -0.25) is 0 Å². The minimum atomic E-state index is -0.384. The first kappa shape index (κ1) is 18.8. The fourth-order valence-corrected chi connectivity index (χ4v) is 3.97. The average molecular weight is 379 g/mol. The number of hydrogen-bond acceptors (Lipinski definition) is 2. The molecular weight excluding hydrogens is 352 g/mol. The van der Waals surface area contributed by atoms with E-state index in [1.807, 2.05) is 0 Å². The highest BCUT2D eigenvalue weighted by Gasteiger charge is 2.36. The van der Waals surface area contributed by atoms with Crippen LogP contribution in [0, 0.1) is 0 Å². The zero-order valence-electron chi connectivity index (χ0n) is 16.9. The highest BCUT2D eigenvalue weighted by molar-refractivity contribution is 5.73. The smallest absolute Gasteiger partial charge is 0.116 e. The van der Waals surface area contributed by atoms with Gasteiger partial charge in [-0.2, -0.15) is 0 Å². The summed E-state index contributed by atoms with van der Waals surface area (Å²) in [6, 6.07) is 42.4.